The van der Waals surface area contributed by atoms with Crippen molar-refractivity contribution in [3.05, 3.63) is 35.9 Å². The Hall–Kier alpha value is -2.98. The van der Waals surface area contributed by atoms with Crippen LogP contribution in [0.3, 0.4) is 0 Å². The zero-order valence-corrected chi connectivity index (χ0v) is 15.7. The molecule has 0 aliphatic rings. The van der Waals surface area contributed by atoms with E-state index in [1.807, 2.05) is 0 Å². The molecule has 0 aliphatic carbocycles. The number of hydrogen-bond donors (Lipinski definition) is 6. The standard InChI is InChI=1S/C18H26N4O6/c1-10(19)16(25)22-15(11(2)23)17(26)20-9-14(24)21-13(18(27)28)8-12-6-4-3-5-7-12/h3-7,10-11,13,15,23H,8-9,19H2,1-2H3,(H,20,26)(H,21,24)(H,22,25)(H,27,28). The van der Waals surface area contributed by atoms with Gasteiger partial charge in [0.1, 0.15) is 12.1 Å². The van der Waals surface area contributed by atoms with Crippen LogP contribution in [0.2, 0.25) is 0 Å². The number of rotatable bonds is 10. The first-order valence-corrected chi connectivity index (χ1v) is 8.69. The Morgan fingerprint density at radius 3 is 2.14 bits per heavy atom. The summed E-state index contributed by atoms with van der Waals surface area (Å²) < 4.78 is 0. The third-order valence-corrected chi connectivity index (χ3v) is 3.82. The Balaban J connectivity index is 2.61. The Morgan fingerprint density at radius 1 is 1.04 bits per heavy atom. The maximum absolute atomic E-state index is 12.1. The fourth-order valence-corrected chi connectivity index (χ4v) is 2.26. The van der Waals surface area contributed by atoms with Crippen molar-refractivity contribution in [1.29, 1.82) is 0 Å². The number of carboxylic acids is 1. The van der Waals surface area contributed by atoms with E-state index in [2.05, 4.69) is 16.0 Å². The van der Waals surface area contributed by atoms with Crippen LogP contribution in [-0.4, -0.2) is 64.7 Å². The van der Waals surface area contributed by atoms with Gasteiger partial charge < -0.3 is 31.9 Å². The van der Waals surface area contributed by atoms with Gasteiger partial charge in [0.05, 0.1) is 18.7 Å². The third kappa shape index (κ3) is 7.72. The van der Waals surface area contributed by atoms with Crippen molar-refractivity contribution in [3.8, 4) is 0 Å². The molecular weight excluding hydrogens is 368 g/mol. The number of aliphatic hydroxyl groups excluding tert-OH is 1. The van der Waals surface area contributed by atoms with E-state index in [4.69, 9.17) is 5.73 Å². The van der Waals surface area contributed by atoms with Crippen LogP contribution in [0.25, 0.3) is 0 Å². The predicted molar refractivity (Wildman–Crippen MR) is 100.0 cm³/mol. The largest absolute Gasteiger partial charge is 0.480 e. The van der Waals surface area contributed by atoms with Crippen LogP contribution in [0.1, 0.15) is 19.4 Å². The van der Waals surface area contributed by atoms with E-state index in [0.717, 1.165) is 5.56 Å². The lowest BCUT2D eigenvalue weighted by Crippen LogP contribution is -2.56. The van der Waals surface area contributed by atoms with Crippen molar-refractivity contribution >= 4 is 23.7 Å². The average molecular weight is 394 g/mol. The van der Waals surface area contributed by atoms with Gasteiger partial charge in [0.2, 0.25) is 17.7 Å². The molecule has 0 heterocycles. The summed E-state index contributed by atoms with van der Waals surface area (Å²) in [6.45, 7) is 2.19. The molecule has 1 aromatic rings. The van der Waals surface area contributed by atoms with E-state index in [9.17, 15) is 29.4 Å². The van der Waals surface area contributed by atoms with Crippen LogP contribution < -0.4 is 21.7 Å². The molecule has 0 saturated carbocycles. The van der Waals surface area contributed by atoms with Crippen molar-refractivity contribution in [2.45, 2.75) is 44.5 Å². The minimum atomic E-state index is -1.30. The molecule has 0 radical (unpaired) electrons. The molecule has 3 amide bonds. The lowest BCUT2D eigenvalue weighted by Gasteiger charge is -2.22. The fraction of sp³-hybridized carbons (Fsp3) is 0.444. The Kier molecular flexibility index (Phi) is 9.06. The monoisotopic (exact) mass is 394 g/mol. The van der Waals surface area contributed by atoms with Crippen LogP contribution in [-0.2, 0) is 25.6 Å². The molecule has 154 valence electrons. The molecule has 10 nitrogen and oxygen atoms in total. The van der Waals surface area contributed by atoms with Crippen molar-refractivity contribution in [3.63, 3.8) is 0 Å². The highest BCUT2D eigenvalue weighted by atomic mass is 16.4. The highest BCUT2D eigenvalue weighted by Gasteiger charge is 2.27. The van der Waals surface area contributed by atoms with E-state index in [-0.39, 0.29) is 6.42 Å². The molecule has 4 atom stereocenters. The van der Waals surface area contributed by atoms with Gasteiger partial charge in [-0.1, -0.05) is 30.3 Å². The minimum Gasteiger partial charge on any atom is -0.480 e. The number of carbonyl (C=O) groups is 4. The average Bonchev–Trinajstić information content (AvgIpc) is 2.63. The maximum atomic E-state index is 12.1. The minimum absolute atomic E-state index is 0.0800. The van der Waals surface area contributed by atoms with Crippen LogP contribution in [0.15, 0.2) is 30.3 Å². The number of nitrogens with one attached hydrogen (secondary N) is 3. The first-order valence-electron chi connectivity index (χ1n) is 8.69. The van der Waals surface area contributed by atoms with Gasteiger partial charge in [0, 0.05) is 6.42 Å². The van der Waals surface area contributed by atoms with E-state index in [1.165, 1.54) is 13.8 Å². The number of aliphatic carboxylic acids is 1. The van der Waals surface area contributed by atoms with Gasteiger partial charge in [-0.2, -0.15) is 0 Å². The summed E-state index contributed by atoms with van der Waals surface area (Å²) in [6.07, 6.45) is -1.15. The van der Waals surface area contributed by atoms with Crippen molar-refractivity contribution < 1.29 is 29.4 Å². The summed E-state index contributed by atoms with van der Waals surface area (Å²) in [7, 11) is 0. The number of carbonyl (C=O) groups excluding carboxylic acids is 3. The Labute approximate surface area is 162 Å². The second-order valence-electron chi connectivity index (χ2n) is 6.38. The first kappa shape index (κ1) is 23.1. The van der Waals surface area contributed by atoms with Crippen LogP contribution in [0.5, 0.6) is 0 Å². The van der Waals surface area contributed by atoms with Crippen LogP contribution in [0.4, 0.5) is 0 Å². The molecule has 1 rings (SSSR count). The molecule has 0 fully saturated rings. The summed E-state index contributed by atoms with van der Waals surface area (Å²) in [5.41, 5.74) is 6.14. The topological polar surface area (TPSA) is 171 Å². The third-order valence-electron chi connectivity index (χ3n) is 3.82. The van der Waals surface area contributed by atoms with Crippen molar-refractivity contribution in [2.24, 2.45) is 5.73 Å². The number of benzene rings is 1. The summed E-state index contributed by atoms with van der Waals surface area (Å²) in [6, 6.07) is 5.41. The Bertz CT molecular complexity index is 693. The maximum Gasteiger partial charge on any atom is 0.326 e. The number of aliphatic hydroxyl groups is 1. The summed E-state index contributed by atoms with van der Waals surface area (Å²) in [5, 5.41) is 25.8. The van der Waals surface area contributed by atoms with Crippen LogP contribution >= 0.6 is 0 Å². The number of carboxylic acid groups (broad SMARTS) is 1. The van der Waals surface area contributed by atoms with Crippen molar-refractivity contribution in [1.82, 2.24) is 16.0 Å². The van der Waals surface area contributed by atoms with Crippen LogP contribution in [0, 0.1) is 0 Å². The molecule has 0 saturated heterocycles. The quantitative estimate of drug-likeness (QED) is 0.270. The second-order valence-corrected chi connectivity index (χ2v) is 6.38. The molecule has 28 heavy (non-hydrogen) atoms. The highest BCUT2D eigenvalue weighted by Crippen LogP contribution is 2.03. The molecule has 4 unspecified atom stereocenters. The van der Waals surface area contributed by atoms with Gasteiger partial charge in [-0.15, -0.1) is 0 Å². The van der Waals surface area contributed by atoms with Gasteiger partial charge >= 0.3 is 5.97 Å². The fourth-order valence-electron chi connectivity index (χ4n) is 2.26. The number of nitrogens with two attached hydrogens (primary N) is 1. The van der Waals surface area contributed by atoms with Gasteiger partial charge in [-0.3, -0.25) is 14.4 Å². The Morgan fingerprint density at radius 2 is 1.64 bits per heavy atom. The van der Waals surface area contributed by atoms with E-state index in [1.54, 1.807) is 30.3 Å². The van der Waals surface area contributed by atoms with Gasteiger partial charge in [-0.05, 0) is 19.4 Å². The summed E-state index contributed by atoms with van der Waals surface area (Å²) in [4.78, 5) is 47.1. The normalized spacial score (nSPS) is 14.9. The SMILES string of the molecule is CC(N)C(=O)NC(C(=O)NCC(=O)NC(Cc1ccccc1)C(=O)O)C(C)O. The summed E-state index contributed by atoms with van der Waals surface area (Å²) in [5.74, 6) is -3.37. The summed E-state index contributed by atoms with van der Waals surface area (Å²) >= 11 is 0. The zero-order valence-electron chi connectivity index (χ0n) is 15.7. The van der Waals surface area contributed by atoms with Gasteiger partial charge in [0.25, 0.3) is 0 Å². The lowest BCUT2D eigenvalue weighted by molar-refractivity contribution is -0.141. The molecule has 0 spiro atoms. The molecule has 7 N–H and O–H groups in total. The number of amides is 3. The van der Waals surface area contributed by atoms with E-state index in [0.29, 0.717) is 0 Å². The first-order chi connectivity index (χ1) is 13.1. The van der Waals surface area contributed by atoms with E-state index < -0.39 is 54.5 Å². The molecule has 0 aromatic heterocycles. The second kappa shape index (κ2) is 11.0. The molecule has 0 bridgehead atoms. The van der Waals surface area contributed by atoms with Crippen molar-refractivity contribution in [2.75, 3.05) is 6.54 Å². The van der Waals surface area contributed by atoms with Gasteiger partial charge in [0.15, 0.2) is 0 Å². The highest BCUT2D eigenvalue weighted by molar-refractivity contribution is 5.92. The molecule has 10 heteroatoms. The number of hydrogen-bond acceptors (Lipinski definition) is 6. The van der Waals surface area contributed by atoms with Gasteiger partial charge in [-0.25, -0.2) is 4.79 Å². The molecular formula is C18H26N4O6. The smallest absolute Gasteiger partial charge is 0.326 e. The molecule has 0 aliphatic heterocycles. The lowest BCUT2D eigenvalue weighted by atomic mass is 10.1. The molecule has 1 aromatic carbocycles. The van der Waals surface area contributed by atoms with E-state index >= 15 is 0 Å². The zero-order chi connectivity index (χ0) is 21.3. The predicted octanol–water partition coefficient (Wildman–Crippen LogP) is -1.87.